The summed E-state index contributed by atoms with van der Waals surface area (Å²) in [7, 11) is 0. The monoisotopic (exact) mass is 500 g/mol. The molecular formula is C30H44S3. The smallest absolute Gasteiger partial charge is 0.0449 e. The third-order valence-electron chi connectivity index (χ3n) is 6.47. The molecule has 0 saturated heterocycles. The zero-order chi connectivity index (χ0) is 23.1. The molecule has 0 aliphatic rings. The fraction of sp³-hybridized carbons (Fsp3) is 0.600. The van der Waals surface area contributed by atoms with Crippen LogP contribution in [0.15, 0.2) is 36.4 Å². The lowest BCUT2D eigenvalue weighted by Gasteiger charge is -2.02. The van der Waals surface area contributed by atoms with Crippen LogP contribution in [0.25, 0.3) is 19.5 Å². The van der Waals surface area contributed by atoms with Crippen LogP contribution in [-0.2, 0) is 12.8 Å². The summed E-state index contributed by atoms with van der Waals surface area (Å²) in [5, 5.41) is 0. The maximum Gasteiger partial charge on any atom is 0.0449 e. The number of hydrogen-bond donors (Lipinski definition) is 0. The Morgan fingerprint density at radius 3 is 1.18 bits per heavy atom. The number of unbranched alkanes of at least 4 members (excludes halogenated alkanes) is 12. The number of rotatable bonds is 18. The molecule has 0 saturated carbocycles. The molecule has 0 spiro atoms. The molecule has 0 radical (unpaired) electrons. The summed E-state index contributed by atoms with van der Waals surface area (Å²) >= 11 is 5.97. The molecule has 33 heavy (non-hydrogen) atoms. The number of thiophene rings is 3. The van der Waals surface area contributed by atoms with Gasteiger partial charge in [0.2, 0.25) is 0 Å². The third kappa shape index (κ3) is 9.70. The summed E-state index contributed by atoms with van der Waals surface area (Å²) in [5.41, 5.74) is 0. The Hall–Kier alpha value is -0.900. The van der Waals surface area contributed by atoms with Gasteiger partial charge in [-0.1, -0.05) is 90.9 Å². The Morgan fingerprint density at radius 1 is 0.394 bits per heavy atom. The molecule has 0 N–H and O–H groups in total. The molecule has 182 valence electrons. The Balaban J connectivity index is 1.37. The van der Waals surface area contributed by atoms with Crippen molar-refractivity contribution in [2.24, 2.45) is 0 Å². The highest BCUT2D eigenvalue weighted by Crippen LogP contribution is 2.40. The lowest BCUT2D eigenvalue weighted by atomic mass is 10.1. The Morgan fingerprint density at radius 2 is 0.727 bits per heavy atom. The lowest BCUT2D eigenvalue weighted by Crippen LogP contribution is -1.84. The molecule has 3 heterocycles. The maximum atomic E-state index is 2.37. The molecule has 3 aromatic rings. The first-order valence-electron chi connectivity index (χ1n) is 13.6. The molecule has 0 nitrogen and oxygen atoms in total. The molecule has 3 heteroatoms. The molecule has 3 aromatic heterocycles. The molecule has 3 rings (SSSR count). The van der Waals surface area contributed by atoms with Gasteiger partial charge in [0.25, 0.3) is 0 Å². The second-order valence-electron chi connectivity index (χ2n) is 9.44. The van der Waals surface area contributed by atoms with E-state index in [1.54, 1.807) is 9.75 Å². The molecule has 0 atom stereocenters. The van der Waals surface area contributed by atoms with E-state index in [0.29, 0.717) is 0 Å². The highest BCUT2D eigenvalue weighted by atomic mass is 32.1. The second-order valence-corrected chi connectivity index (χ2v) is 12.9. The van der Waals surface area contributed by atoms with Gasteiger partial charge in [-0.25, -0.2) is 0 Å². The number of aryl methyl sites for hydroxylation is 2. The Kier molecular flexibility index (Phi) is 12.9. The molecule has 0 aliphatic heterocycles. The van der Waals surface area contributed by atoms with E-state index in [2.05, 4.69) is 50.2 Å². The molecule has 0 unspecified atom stereocenters. The van der Waals surface area contributed by atoms with Crippen molar-refractivity contribution in [3.05, 3.63) is 46.2 Å². The van der Waals surface area contributed by atoms with Crippen molar-refractivity contribution < 1.29 is 0 Å². The van der Waals surface area contributed by atoms with Crippen LogP contribution in [0, 0.1) is 0 Å². The predicted octanol–water partition coefficient (Wildman–Crippen LogP) is 11.8. The highest BCUT2D eigenvalue weighted by molar-refractivity contribution is 7.26. The van der Waals surface area contributed by atoms with Crippen LogP contribution < -0.4 is 0 Å². The van der Waals surface area contributed by atoms with E-state index in [9.17, 15) is 0 Å². The summed E-state index contributed by atoms with van der Waals surface area (Å²) in [6.45, 7) is 4.58. The standard InChI is InChI=1S/C30H44S3/c1-3-5-7-9-10-11-12-13-14-16-18-26-20-22-28(32-26)30-24-23-29(33-30)27-21-19-25(31-27)17-15-8-6-4-2/h19-24H,3-18H2,1-2H3. The van der Waals surface area contributed by atoms with E-state index in [-0.39, 0.29) is 0 Å². The van der Waals surface area contributed by atoms with Gasteiger partial charge in [-0.2, -0.15) is 0 Å². The zero-order valence-corrected chi connectivity index (χ0v) is 23.5. The van der Waals surface area contributed by atoms with Gasteiger partial charge in [-0.15, -0.1) is 34.0 Å². The van der Waals surface area contributed by atoms with E-state index in [4.69, 9.17) is 0 Å². The van der Waals surface area contributed by atoms with E-state index >= 15 is 0 Å². The van der Waals surface area contributed by atoms with Crippen LogP contribution in [0.2, 0.25) is 0 Å². The van der Waals surface area contributed by atoms with Crippen molar-refractivity contribution in [1.82, 2.24) is 0 Å². The quantitative estimate of drug-likeness (QED) is 0.152. The SMILES string of the molecule is CCCCCCCCCCCCc1ccc(-c2ccc(-c3ccc(CCCCCC)s3)s2)s1. The largest absolute Gasteiger partial charge is 0.139 e. The van der Waals surface area contributed by atoms with Crippen molar-refractivity contribution in [2.45, 2.75) is 117 Å². The van der Waals surface area contributed by atoms with Crippen molar-refractivity contribution in [3.8, 4) is 19.5 Å². The molecule has 0 amide bonds. The van der Waals surface area contributed by atoms with Crippen LogP contribution in [-0.4, -0.2) is 0 Å². The van der Waals surface area contributed by atoms with E-state index < -0.39 is 0 Å². The first-order valence-corrected chi connectivity index (χ1v) is 16.0. The van der Waals surface area contributed by atoms with Gasteiger partial charge in [-0.05, 0) is 62.1 Å². The Labute approximate surface area is 215 Å². The second kappa shape index (κ2) is 15.9. The van der Waals surface area contributed by atoms with Gasteiger partial charge in [0.15, 0.2) is 0 Å². The van der Waals surface area contributed by atoms with E-state index in [1.165, 1.54) is 122 Å². The van der Waals surface area contributed by atoms with Crippen LogP contribution in [0.5, 0.6) is 0 Å². The first kappa shape index (κ1) is 26.7. The predicted molar refractivity (Wildman–Crippen MR) is 154 cm³/mol. The van der Waals surface area contributed by atoms with Crippen LogP contribution in [0.1, 0.15) is 113 Å². The zero-order valence-electron chi connectivity index (χ0n) is 21.0. The van der Waals surface area contributed by atoms with E-state index in [1.807, 2.05) is 34.0 Å². The minimum atomic E-state index is 1.25. The van der Waals surface area contributed by atoms with Crippen LogP contribution in [0.3, 0.4) is 0 Å². The van der Waals surface area contributed by atoms with E-state index in [0.717, 1.165) is 0 Å². The van der Waals surface area contributed by atoms with Gasteiger partial charge < -0.3 is 0 Å². The summed E-state index contributed by atoms with van der Waals surface area (Å²) in [6, 6.07) is 14.1. The fourth-order valence-corrected chi connectivity index (χ4v) is 7.69. The first-order chi connectivity index (χ1) is 16.3. The fourth-order valence-electron chi connectivity index (χ4n) is 4.40. The summed E-state index contributed by atoms with van der Waals surface area (Å²) in [6.07, 6.45) is 22.0. The van der Waals surface area contributed by atoms with Crippen LogP contribution in [0.4, 0.5) is 0 Å². The lowest BCUT2D eigenvalue weighted by molar-refractivity contribution is 0.557. The average molecular weight is 501 g/mol. The summed E-state index contributed by atoms with van der Waals surface area (Å²) in [5.74, 6) is 0. The average Bonchev–Trinajstić information content (AvgIpc) is 3.58. The Bertz CT molecular complexity index is 882. The van der Waals surface area contributed by atoms with Gasteiger partial charge in [0.05, 0.1) is 0 Å². The van der Waals surface area contributed by atoms with Crippen molar-refractivity contribution in [1.29, 1.82) is 0 Å². The third-order valence-corrected chi connectivity index (χ3v) is 10.2. The molecule has 0 aliphatic carbocycles. The topological polar surface area (TPSA) is 0 Å². The number of hydrogen-bond acceptors (Lipinski definition) is 3. The summed E-state index contributed by atoms with van der Waals surface area (Å²) < 4.78 is 0. The molecule has 0 aromatic carbocycles. The normalized spacial score (nSPS) is 11.5. The molecule has 0 bridgehead atoms. The minimum Gasteiger partial charge on any atom is -0.139 e. The van der Waals surface area contributed by atoms with Gasteiger partial charge in [0.1, 0.15) is 0 Å². The molecular weight excluding hydrogens is 457 g/mol. The van der Waals surface area contributed by atoms with Crippen molar-refractivity contribution in [3.63, 3.8) is 0 Å². The maximum absolute atomic E-state index is 2.37. The molecule has 0 fully saturated rings. The van der Waals surface area contributed by atoms with Crippen molar-refractivity contribution >= 4 is 34.0 Å². The summed E-state index contributed by atoms with van der Waals surface area (Å²) in [4.78, 5) is 8.86. The van der Waals surface area contributed by atoms with Crippen LogP contribution >= 0.6 is 34.0 Å². The van der Waals surface area contributed by atoms with Crippen molar-refractivity contribution in [2.75, 3.05) is 0 Å². The van der Waals surface area contributed by atoms with Gasteiger partial charge >= 0.3 is 0 Å². The highest BCUT2D eigenvalue weighted by Gasteiger charge is 2.10. The van der Waals surface area contributed by atoms with Gasteiger partial charge in [0, 0.05) is 29.3 Å². The van der Waals surface area contributed by atoms with Gasteiger partial charge in [-0.3, -0.25) is 0 Å². The minimum absolute atomic E-state index is 1.25.